The van der Waals surface area contributed by atoms with E-state index in [0.29, 0.717) is 28.7 Å². The third kappa shape index (κ3) is 5.34. The van der Waals surface area contributed by atoms with E-state index in [2.05, 4.69) is 33.4 Å². The summed E-state index contributed by atoms with van der Waals surface area (Å²) < 4.78 is 18.0. The number of rotatable bonds is 8. The molecule has 0 fully saturated rings. The van der Waals surface area contributed by atoms with Gasteiger partial charge < -0.3 is 13.9 Å². The van der Waals surface area contributed by atoms with Crippen molar-refractivity contribution in [1.82, 2.24) is 5.43 Å². The van der Waals surface area contributed by atoms with E-state index in [0.717, 1.165) is 21.8 Å². The zero-order valence-corrected chi connectivity index (χ0v) is 19.2. The lowest BCUT2D eigenvalue weighted by molar-refractivity contribution is 0.0929. The molecule has 8 heteroatoms. The van der Waals surface area contributed by atoms with Crippen LogP contribution in [0.15, 0.2) is 50.4 Å². The van der Waals surface area contributed by atoms with E-state index in [1.807, 2.05) is 26.0 Å². The number of nitrogens with one attached hydrogen (secondary N) is 1. The Morgan fingerprint density at radius 3 is 2.83 bits per heavy atom. The van der Waals surface area contributed by atoms with Crippen molar-refractivity contribution in [3.63, 3.8) is 0 Å². The minimum atomic E-state index is -0.459. The first-order chi connectivity index (χ1) is 14.4. The summed E-state index contributed by atoms with van der Waals surface area (Å²) in [6.07, 6.45) is 2.46. The molecular weight excluding hydrogens is 472 g/mol. The molecule has 0 unspecified atom stereocenters. The molecule has 0 aliphatic rings. The number of hydrazone groups is 1. The van der Waals surface area contributed by atoms with Gasteiger partial charge in [-0.2, -0.15) is 5.10 Å². The van der Waals surface area contributed by atoms with Crippen LogP contribution in [0.25, 0.3) is 11.0 Å². The van der Waals surface area contributed by atoms with E-state index < -0.39 is 5.91 Å². The number of nitrogens with zero attached hydrogens (tertiary/aromatic N) is 1. The number of halogens is 2. The first-order valence-corrected chi connectivity index (χ1v) is 10.7. The largest absolute Gasteiger partial charge is 0.490 e. The van der Waals surface area contributed by atoms with Gasteiger partial charge in [-0.25, -0.2) is 5.43 Å². The highest BCUT2D eigenvalue weighted by Crippen LogP contribution is 2.37. The SMILES string of the molecule is CCOc1cc(/C=N/NC(=O)c2cc3cc(Cl)ccc3o2)cc(Br)c1O[C@@H](C)CC. The predicted molar refractivity (Wildman–Crippen MR) is 122 cm³/mol. The molecule has 0 radical (unpaired) electrons. The number of amides is 1. The number of hydrogen-bond acceptors (Lipinski definition) is 5. The lowest BCUT2D eigenvalue weighted by Gasteiger charge is -2.18. The molecule has 0 saturated heterocycles. The van der Waals surface area contributed by atoms with Crippen molar-refractivity contribution in [2.75, 3.05) is 6.61 Å². The smallest absolute Gasteiger partial charge is 0.307 e. The number of carbonyl (C=O) groups excluding carboxylic acids is 1. The van der Waals surface area contributed by atoms with Gasteiger partial charge in [0.15, 0.2) is 17.3 Å². The molecule has 30 heavy (non-hydrogen) atoms. The van der Waals surface area contributed by atoms with Crippen LogP contribution in [0.3, 0.4) is 0 Å². The number of benzene rings is 2. The highest BCUT2D eigenvalue weighted by atomic mass is 79.9. The molecule has 3 aromatic rings. The lowest BCUT2D eigenvalue weighted by atomic mass is 10.2. The van der Waals surface area contributed by atoms with E-state index >= 15 is 0 Å². The average molecular weight is 494 g/mol. The van der Waals surface area contributed by atoms with Crippen LogP contribution in [0, 0.1) is 0 Å². The van der Waals surface area contributed by atoms with E-state index in [4.69, 9.17) is 25.5 Å². The van der Waals surface area contributed by atoms with Gasteiger partial charge in [-0.15, -0.1) is 0 Å². The van der Waals surface area contributed by atoms with Gasteiger partial charge >= 0.3 is 5.91 Å². The second-order valence-corrected chi connectivity index (χ2v) is 7.88. The van der Waals surface area contributed by atoms with Gasteiger partial charge in [0.1, 0.15) is 5.58 Å². The Kier molecular flexibility index (Phi) is 7.39. The molecule has 0 aliphatic carbocycles. The van der Waals surface area contributed by atoms with Crippen molar-refractivity contribution in [3.8, 4) is 11.5 Å². The lowest BCUT2D eigenvalue weighted by Crippen LogP contribution is -2.16. The first kappa shape index (κ1) is 22.2. The molecule has 2 aromatic carbocycles. The molecule has 1 heterocycles. The Balaban J connectivity index is 1.75. The fourth-order valence-corrected chi connectivity index (χ4v) is 3.40. The molecule has 3 rings (SSSR count). The summed E-state index contributed by atoms with van der Waals surface area (Å²) in [5.74, 6) is 0.944. The Labute approximate surface area is 188 Å². The molecule has 0 saturated carbocycles. The standard InChI is InChI=1S/C22H22BrClN2O4/c1-4-13(3)29-21-17(23)8-14(9-19(21)28-5-2)12-25-26-22(27)20-11-15-10-16(24)6-7-18(15)30-20/h6-13H,4-5H2,1-3H3,(H,26,27)/b25-12+/t13-/m0/s1. The van der Waals surface area contributed by atoms with Crippen molar-refractivity contribution in [3.05, 3.63) is 57.2 Å². The van der Waals surface area contributed by atoms with Gasteiger partial charge in [0, 0.05) is 10.4 Å². The minimum absolute atomic E-state index is 0.0537. The molecular formula is C22H22BrClN2O4. The summed E-state index contributed by atoms with van der Waals surface area (Å²) >= 11 is 9.49. The topological polar surface area (TPSA) is 73.1 Å². The maximum Gasteiger partial charge on any atom is 0.307 e. The van der Waals surface area contributed by atoms with Crippen LogP contribution in [-0.4, -0.2) is 24.8 Å². The molecule has 1 N–H and O–H groups in total. The number of furan rings is 1. The predicted octanol–water partition coefficient (Wildman–Crippen LogP) is 6.19. The van der Waals surface area contributed by atoms with Gasteiger partial charge in [-0.05, 0) is 78.2 Å². The zero-order valence-electron chi connectivity index (χ0n) is 16.9. The molecule has 1 atom stereocenters. The molecule has 0 aliphatic heterocycles. The van der Waals surface area contributed by atoms with Crippen LogP contribution in [0.2, 0.25) is 5.02 Å². The average Bonchev–Trinajstić information content (AvgIpc) is 3.13. The third-order valence-corrected chi connectivity index (χ3v) is 5.13. The summed E-state index contributed by atoms with van der Waals surface area (Å²) in [4.78, 5) is 12.3. The Bertz CT molecular complexity index is 1080. The van der Waals surface area contributed by atoms with Crippen molar-refractivity contribution in [2.24, 2.45) is 5.10 Å². The Morgan fingerprint density at radius 2 is 2.10 bits per heavy atom. The zero-order chi connectivity index (χ0) is 21.7. The fourth-order valence-electron chi connectivity index (χ4n) is 2.67. The third-order valence-electron chi connectivity index (χ3n) is 4.31. The Morgan fingerprint density at radius 1 is 1.30 bits per heavy atom. The van der Waals surface area contributed by atoms with Crippen molar-refractivity contribution < 1.29 is 18.7 Å². The van der Waals surface area contributed by atoms with Crippen molar-refractivity contribution >= 4 is 50.6 Å². The van der Waals surface area contributed by atoms with Crippen LogP contribution < -0.4 is 14.9 Å². The molecule has 1 aromatic heterocycles. The molecule has 0 bridgehead atoms. The van der Waals surface area contributed by atoms with E-state index in [-0.39, 0.29) is 11.9 Å². The van der Waals surface area contributed by atoms with E-state index in [9.17, 15) is 4.79 Å². The molecule has 6 nitrogen and oxygen atoms in total. The number of ether oxygens (including phenoxy) is 2. The first-order valence-electron chi connectivity index (χ1n) is 9.56. The minimum Gasteiger partial charge on any atom is -0.490 e. The van der Waals surface area contributed by atoms with Gasteiger partial charge in [-0.1, -0.05) is 18.5 Å². The number of fused-ring (bicyclic) bond motifs is 1. The van der Waals surface area contributed by atoms with Crippen molar-refractivity contribution in [1.29, 1.82) is 0 Å². The summed E-state index contributed by atoms with van der Waals surface area (Å²) in [6, 6.07) is 10.4. The molecule has 1 amide bonds. The maximum atomic E-state index is 12.3. The van der Waals surface area contributed by atoms with Gasteiger partial charge in [0.2, 0.25) is 0 Å². The van der Waals surface area contributed by atoms with Crippen LogP contribution in [-0.2, 0) is 0 Å². The van der Waals surface area contributed by atoms with Crippen LogP contribution in [0.4, 0.5) is 0 Å². The van der Waals surface area contributed by atoms with Gasteiger partial charge in [0.05, 0.1) is 23.4 Å². The second-order valence-electron chi connectivity index (χ2n) is 6.59. The van der Waals surface area contributed by atoms with Gasteiger partial charge in [-0.3, -0.25) is 4.79 Å². The van der Waals surface area contributed by atoms with Crippen LogP contribution >= 0.6 is 27.5 Å². The fraction of sp³-hybridized carbons (Fsp3) is 0.273. The monoisotopic (exact) mass is 492 g/mol. The number of hydrogen-bond donors (Lipinski definition) is 1. The molecule has 0 spiro atoms. The highest BCUT2D eigenvalue weighted by molar-refractivity contribution is 9.10. The quantitative estimate of drug-likeness (QED) is 0.300. The summed E-state index contributed by atoms with van der Waals surface area (Å²) in [7, 11) is 0. The Hall–Kier alpha value is -2.51. The molecule has 158 valence electrons. The number of carbonyl (C=O) groups is 1. The summed E-state index contributed by atoms with van der Waals surface area (Å²) in [5, 5.41) is 5.35. The normalized spacial score (nSPS) is 12.3. The summed E-state index contributed by atoms with van der Waals surface area (Å²) in [5.41, 5.74) is 3.78. The van der Waals surface area contributed by atoms with E-state index in [1.54, 1.807) is 24.3 Å². The highest BCUT2D eigenvalue weighted by Gasteiger charge is 2.15. The van der Waals surface area contributed by atoms with Crippen LogP contribution in [0.1, 0.15) is 43.3 Å². The van der Waals surface area contributed by atoms with E-state index in [1.165, 1.54) is 6.21 Å². The maximum absolute atomic E-state index is 12.3. The van der Waals surface area contributed by atoms with Crippen molar-refractivity contribution in [2.45, 2.75) is 33.3 Å². The summed E-state index contributed by atoms with van der Waals surface area (Å²) in [6.45, 7) is 6.46. The second kappa shape index (κ2) is 10.00. The van der Waals surface area contributed by atoms with Gasteiger partial charge in [0.25, 0.3) is 0 Å². The van der Waals surface area contributed by atoms with Crippen LogP contribution in [0.5, 0.6) is 11.5 Å².